The molecule has 0 saturated heterocycles. The molecule has 0 unspecified atom stereocenters. The summed E-state index contributed by atoms with van der Waals surface area (Å²) in [7, 11) is 4.31. The number of halogens is 1. The van der Waals surface area contributed by atoms with Gasteiger partial charge < -0.3 is 27.4 Å². The van der Waals surface area contributed by atoms with Gasteiger partial charge in [-0.15, -0.1) is 0 Å². The van der Waals surface area contributed by atoms with E-state index in [2.05, 4.69) is 32.9 Å². The molecule has 0 spiro atoms. The summed E-state index contributed by atoms with van der Waals surface area (Å²) in [5.74, 6) is 0.704. The first-order chi connectivity index (χ1) is 6.16. The van der Waals surface area contributed by atoms with Crippen LogP contribution in [0.5, 0.6) is 0 Å². The van der Waals surface area contributed by atoms with E-state index in [9.17, 15) is 0 Å². The number of rotatable bonds is 8. The monoisotopic (exact) mass is 222 g/mol. The predicted octanol–water partition coefficient (Wildman–Crippen LogP) is -2.99. The molecule has 0 aliphatic carbocycles. The Morgan fingerprint density at radius 1 is 1.43 bits per heavy atom. The van der Waals surface area contributed by atoms with E-state index in [1.54, 1.807) is 0 Å². The Balaban J connectivity index is 0. The van der Waals surface area contributed by atoms with E-state index < -0.39 is 0 Å². The predicted molar refractivity (Wildman–Crippen MR) is 55.7 cm³/mol. The molecule has 4 heteroatoms. The summed E-state index contributed by atoms with van der Waals surface area (Å²) in [5.41, 5.74) is 0. The van der Waals surface area contributed by atoms with Crippen LogP contribution in [0.2, 0.25) is 0 Å². The summed E-state index contributed by atoms with van der Waals surface area (Å²) in [6.07, 6.45) is 2.18. The highest BCUT2D eigenvalue weighted by molar-refractivity contribution is 4.77. The minimum absolute atomic E-state index is 0. The first-order valence-electron chi connectivity index (χ1n) is 5.01. The van der Waals surface area contributed by atoms with Crippen molar-refractivity contribution in [3.8, 4) is 0 Å². The summed E-state index contributed by atoms with van der Waals surface area (Å²) in [6, 6.07) is 0. The molecule has 0 heterocycles. The van der Waals surface area contributed by atoms with E-state index in [-0.39, 0.29) is 12.4 Å². The summed E-state index contributed by atoms with van der Waals surface area (Å²) in [6.45, 7) is 8.74. The third-order valence-corrected chi connectivity index (χ3v) is 1.66. The molecule has 0 aromatic carbocycles. The average molecular weight is 223 g/mol. The molecule has 2 N–H and O–H groups in total. The van der Waals surface area contributed by atoms with E-state index in [0.717, 1.165) is 26.0 Å². The average Bonchev–Trinajstić information content (AvgIpc) is 2.08. The smallest absolute Gasteiger partial charge is 0.179 e. The second kappa shape index (κ2) is 10.7. The van der Waals surface area contributed by atoms with Gasteiger partial charge >= 0.3 is 0 Å². The Hall–Kier alpha value is -0.410. The highest BCUT2D eigenvalue weighted by Crippen LogP contribution is 1.89. The van der Waals surface area contributed by atoms with Crippen LogP contribution in [0, 0.1) is 0 Å². The number of ether oxygens (including phenoxy) is 1. The van der Waals surface area contributed by atoms with Crippen molar-refractivity contribution in [3.05, 3.63) is 12.5 Å². The molecule has 0 atom stereocenters. The summed E-state index contributed by atoms with van der Waals surface area (Å²) in [5, 5.41) is 3.14. The van der Waals surface area contributed by atoms with Crippen molar-refractivity contribution < 1.29 is 22.0 Å². The van der Waals surface area contributed by atoms with Gasteiger partial charge in [-0.1, -0.05) is 6.92 Å². The van der Waals surface area contributed by atoms with Gasteiger partial charge in [-0.2, -0.15) is 0 Å². The van der Waals surface area contributed by atoms with Gasteiger partial charge in [0.25, 0.3) is 0 Å². The molecule has 86 valence electrons. The lowest BCUT2D eigenvalue weighted by atomic mass is 10.4. The Labute approximate surface area is 93.9 Å². The normalized spacial score (nSPS) is 9.43. The summed E-state index contributed by atoms with van der Waals surface area (Å²) in [4.78, 5) is 1.47. The lowest BCUT2D eigenvalue weighted by molar-refractivity contribution is -0.858. The molecule has 3 nitrogen and oxygen atoms in total. The van der Waals surface area contributed by atoms with Crippen LogP contribution in [-0.2, 0) is 4.74 Å². The van der Waals surface area contributed by atoms with Crippen LogP contribution in [0.15, 0.2) is 12.5 Å². The van der Waals surface area contributed by atoms with Gasteiger partial charge in [0.05, 0.1) is 27.2 Å². The maximum absolute atomic E-state index is 5.29. The number of hydrogen-bond acceptors (Lipinski definition) is 2. The largest absolute Gasteiger partial charge is 1.00 e. The SMILES string of the molecule is C=C(NCCC[NH+](C)C)OCCC.[Cl-]. The van der Waals surface area contributed by atoms with Crippen molar-refractivity contribution in [2.75, 3.05) is 33.8 Å². The van der Waals surface area contributed by atoms with Gasteiger partial charge in [0.15, 0.2) is 5.88 Å². The van der Waals surface area contributed by atoms with Crippen LogP contribution in [0.3, 0.4) is 0 Å². The van der Waals surface area contributed by atoms with Gasteiger partial charge in [0.2, 0.25) is 0 Å². The molecular formula is C10H23ClN2O. The Morgan fingerprint density at radius 2 is 2.07 bits per heavy atom. The van der Waals surface area contributed by atoms with Crippen molar-refractivity contribution in [1.82, 2.24) is 5.32 Å². The van der Waals surface area contributed by atoms with Crippen molar-refractivity contribution in [3.63, 3.8) is 0 Å². The topological polar surface area (TPSA) is 25.7 Å². The molecule has 0 aliphatic heterocycles. The van der Waals surface area contributed by atoms with Gasteiger partial charge in [0.1, 0.15) is 0 Å². The minimum atomic E-state index is 0. The van der Waals surface area contributed by atoms with E-state index in [1.807, 2.05) is 0 Å². The number of quaternary nitrogens is 1. The molecule has 0 aromatic rings. The van der Waals surface area contributed by atoms with Crippen LogP contribution in [-0.4, -0.2) is 33.8 Å². The maximum Gasteiger partial charge on any atom is 0.179 e. The second-order valence-corrected chi connectivity index (χ2v) is 3.51. The molecule has 0 aliphatic rings. The maximum atomic E-state index is 5.29. The fourth-order valence-corrected chi connectivity index (χ4v) is 0.946. The van der Waals surface area contributed by atoms with E-state index in [4.69, 9.17) is 4.74 Å². The van der Waals surface area contributed by atoms with Crippen molar-refractivity contribution >= 4 is 0 Å². The summed E-state index contributed by atoms with van der Waals surface area (Å²) < 4.78 is 5.29. The Kier molecular flexibility index (Phi) is 12.2. The van der Waals surface area contributed by atoms with Crippen LogP contribution >= 0.6 is 0 Å². The third-order valence-electron chi connectivity index (χ3n) is 1.66. The molecule has 0 fully saturated rings. The molecule has 0 radical (unpaired) electrons. The zero-order valence-electron chi connectivity index (χ0n) is 9.53. The van der Waals surface area contributed by atoms with Gasteiger partial charge in [-0.3, -0.25) is 0 Å². The highest BCUT2D eigenvalue weighted by Gasteiger charge is 1.95. The van der Waals surface area contributed by atoms with Crippen molar-refractivity contribution in [1.29, 1.82) is 0 Å². The van der Waals surface area contributed by atoms with Crippen LogP contribution in [0.4, 0.5) is 0 Å². The molecule has 0 rings (SSSR count). The lowest BCUT2D eigenvalue weighted by Crippen LogP contribution is -3.05. The molecular weight excluding hydrogens is 200 g/mol. The molecule has 0 amide bonds. The van der Waals surface area contributed by atoms with Crippen LogP contribution in [0.1, 0.15) is 19.8 Å². The first kappa shape index (κ1) is 16.0. The van der Waals surface area contributed by atoms with Gasteiger partial charge in [-0.05, 0) is 13.0 Å². The molecule has 0 bridgehead atoms. The molecule has 0 saturated carbocycles. The number of hydrogen-bond donors (Lipinski definition) is 2. The highest BCUT2D eigenvalue weighted by atomic mass is 35.5. The van der Waals surface area contributed by atoms with Crippen molar-refractivity contribution in [2.24, 2.45) is 0 Å². The molecule has 0 aromatic heterocycles. The quantitative estimate of drug-likeness (QED) is 0.339. The van der Waals surface area contributed by atoms with Crippen LogP contribution < -0.4 is 22.6 Å². The van der Waals surface area contributed by atoms with Gasteiger partial charge in [0, 0.05) is 13.0 Å². The zero-order valence-corrected chi connectivity index (χ0v) is 10.3. The second-order valence-electron chi connectivity index (χ2n) is 3.51. The fraction of sp³-hybridized carbons (Fsp3) is 0.800. The van der Waals surface area contributed by atoms with E-state index in [0.29, 0.717) is 5.88 Å². The zero-order chi connectivity index (χ0) is 10.1. The van der Waals surface area contributed by atoms with E-state index in [1.165, 1.54) is 11.4 Å². The van der Waals surface area contributed by atoms with Crippen molar-refractivity contribution in [2.45, 2.75) is 19.8 Å². The molecule has 14 heavy (non-hydrogen) atoms. The van der Waals surface area contributed by atoms with Gasteiger partial charge in [-0.25, -0.2) is 0 Å². The van der Waals surface area contributed by atoms with E-state index >= 15 is 0 Å². The van der Waals surface area contributed by atoms with Crippen LogP contribution in [0.25, 0.3) is 0 Å². The fourth-order valence-electron chi connectivity index (χ4n) is 0.946. The first-order valence-corrected chi connectivity index (χ1v) is 5.01. The number of nitrogens with one attached hydrogen (secondary N) is 2. The standard InChI is InChI=1S/C10H22N2O.ClH/c1-5-9-13-10(2)11-7-6-8-12(3)4;/h11H,2,5-9H2,1,3-4H3;1H. The Morgan fingerprint density at radius 3 is 2.57 bits per heavy atom. The Bertz CT molecular complexity index is 140. The third kappa shape index (κ3) is 11.6. The lowest BCUT2D eigenvalue weighted by Gasteiger charge is -2.11. The summed E-state index contributed by atoms with van der Waals surface area (Å²) >= 11 is 0. The minimum Gasteiger partial charge on any atom is -1.00 e.